The monoisotopic (exact) mass is 165 g/mol. The van der Waals surface area contributed by atoms with Gasteiger partial charge < -0.3 is 0 Å². The Labute approximate surface area is 76.7 Å². The molecule has 0 N–H and O–H groups in total. The van der Waals surface area contributed by atoms with Crippen LogP contribution in [0, 0.1) is 16.7 Å². The molecule has 0 saturated heterocycles. The summed E-state index contributed by atoms with van der Waals surface area (Å²) in [4.78, 5) is 0. The van der Waals surface area contributed by atoms with Crippen LogP contribution in [0.15, 0.2) is 0 Å². The molecule has 0 heteroatoms. The molecule has 12 heavy (non-hydrogen) atoms. The Morgan fingerprint density at radius 1 is 1.08 bits per heavy atom. The second-order valence-corrected chi connectivity index (χ2v) is 5.83. The first kappa shape index (κ1) is 8.59. The van der Waals surface area contributed by atoms with Gasteiger partial charge >= 0.3 is 0 Å². The highest BCUT2D eigenvalue weighted by atomic mass is 14.5. The van der Waals surface area contributed by atoms with Gasteiger partial charge in [0, 0.05) is 0 Å². The van der Waals surface area contributed by atoms with Crippen LogP contribution in [0.25, 0.3) is 0 Å². The minimum Gasteiger partial charge on any atom is -0.0596 e. The third-order valence-corrected chi connectivity index (χ3v) is 4.21. The van der Waals surface area contributed by atoms with Gasteiger partial charge in [0.25, 0.3) is 0 Å². The first-order valence-corrected chi connectivity index (χ1v) is 5.37. The highest BCUT2D eigenvalue weighted by Crippen LogP contribution is 2.56. The maximum atomic E-state index is 2.47. The van der Waals surface area contributed by atoms with Gasteiger partial charge in [0.05, 0.1) is 0 Å². The molecule has 2 aliphatic carbocycles. The van der Waals surface area contributed by atoms with Gasteiger partial charge in [-0.05, 0) is 48.9 Å². The van der Waals surface area contributed by atoms with Crippen LogP contribution in [0.2, 0.25) is 0 Å². The van der Waals surface area contributed by atoms with Gasteiger partial charge in [-0.25, -0.2) is 0 Å². The summed E-state index contributed by atoms with van der Waals surface area (Å²) < 4.78 is 0. The second-order valence-electron chi connectivity index (χ2n) is 5.83. The van der Waals surface area contributed by atoms with Crippen LogP contribution in [0.1, 0.15) is 59.3 Å². The molecule has 0 aromatic rings. The van der Waals surface area contributed by atoms with E-state index in [1.807, 2.05) is 5.92 Å². The Balaban J connectivity index is 1.87. The van der Waals surface area contributed by atoms with E-state index < -0.39 is 0 Å². The number of rotatable bonds is 2. The Morgan fingerprint density at radius 3 is 2.00 bits per heavy atom. The zero-order valence-corrected chi connectivity index (χ0v) is 8.74. The van der Waals surface area contributed by atoms with Crippen molar-refractivity contribution in [3.63, 3.8) is 0 Å². The number of hydrogen-bond donors (Lipinski definition) is 0. The highest BCUT2D eigenvalue weighted by Gasteiger charge is 2.44. The third kappa shape index (κ3) is 1.30. The maximum Gasteiger partial charge on any atom is -0.0179 e. The van der Waals surface area contributed by atoms with Crippen LogP contribution in [0.5, 0.6) is 0 Å². The Kier molecular flexibility index (Phi) is 1.79. The van der Waals surface area contributed by atoms with Crippen molar-refractivity contribution in [2.24, 2.45) is 10.8 Å². The molecule has 0 aliphatic heterocycles. The normalized spacial score (nSPS) is 32.2. The first-order chi connectivity index (χ1) is 5.52. The lowest BCUT2D eigenvalue weighted by Gasteiger charge is -2.50. The summed E-state index contributed by atoms with van der Waals surface area (Å²) >= 11 is 0. The summed E-state index contributed by atoms with van der Waals surface area (Å²) in [6, 6.07) is 0. The Bertz CT molecular complexity index is 174. The summed E-state index contributed by atoms with van der Waals surface area (Å²) in [5.74, 6) is 1.85. The van der Waals surface area contributed by atoms with Crippen molar-refractivity contribution in [2.45, 2.75) is 59.3 Å². The average Bonchev–Trinajstić information content (AvgIpc) is 1.95. The van der Waals surface area contributed by atoms with Crippen molar-refractivity contribution in [3.8, 4) is 0 Å². The molecule has 0 heterocycles. The van der Waals surface area contributed by atoms with E-state index in [4.69, 9.17) is 0 Å². The van der Waals surface area contributed by atoms with Gasteiger partial charge in [-0.3, -0.25) is 0 Å². The topological polar surface area (TPSA) is 0 Å². The lowest BCUT2D eigenvalue weighted by molar-refractivity contribution is 0.101. The Morgan fingerprint density at radius 2 is 1.75 bits per heavy atom. The van der Waals surface area contributed by atoms with Crippen LogP contribution in [-0.2, 0) is 0 Å². The molecule has 2 saturated carbocycles. The molecule has 0 unspecified atom stereocenters. The molecule has 0 aromatic heterocycles. The molecule has 2 fully saturated rings. The van der Waals surface area contributed by atoms with E-state index in [1.165, 1.54) is 38.5 Å². The summed E-state index contributed by atoms with van der Waals surface area (Å²) in [7, 11) is 0. The van der Waals surface area contributed by atoms with E-state index in [0.717, 1.165) is 0 Å². The minimum atomic E-state index is 0.596. The van der Waals surface area contributed by atoms with Crippen LogP contribution in [-0.4, -0.2) is 0 Å². The molecule has 0 spiro atoms. The van der Waals surface area contributed by atoms with Gasteiger partial charge in [0.15, 0.2) is 0 Å². The molecule has 0 nitrogen and oxygen atoms in total. The fourth-order valence-corrected chi connectivity index (χ4v) is 2.60. The smallest absolute Gasteiger partial charge is 0.0179 e. The van der Waals surface area contributed by atoms with Crippen LogP contribution in [0.3, 0.4) is 0 Å². The largest absolute Gasteiger partial charge is 0.0596 e. The van der Waals surface area contributed by atoms with Gasteiger partial charge in [-0.15, -0.1) is 0 Å². The summed E-state index contributed by atoms with van der Waals surface area (Å²) in [5.41, 5.74) is 1.31. The average molecular weight is 165 g/mol. The molecule has 2 aliphatic rings. The fourth-order valence-electron chi connectivity index (χ4n) is 2.60. The molecule has 2 rings (SSSR count). The van der Waals surface area contributed by atoms with Gasteiger partial charge in [-0.2, -0.15) is 0 Å². The van der Waals surface area contributed by atoms with Crippen LogP contribution in [0.4, 0.5) is 0 Å². The van der Waals surface area contributed by atoms with E-state index in [-0.39, 0.29) is 0 Å². The molecule has 0 amide bonds. The van der Waals surface area contributed by atoms with E-state index in [1.54, 1.807) is 0 Å². The molecular weight excluding hydrogens is 144 g/mol. The van der Waals surface area contributed by atoms with Crippen molar-refractivity contribution in [1.29, 1.82) is 0 Å². The molecule has 1 radical (unpaired) electrons. The summed E-state index contributed by atoms with van der Waals surface area (Å²) in [6.45, 7) is 7.29. The van der Waals surface area contributed by atoms with E-state index in [2.05, 4.69) is 20.8 Å². The van der Waals surface area contributed by atoms with Crippen LogP contribution >= 0.6 is 0 Å². The molecular formula is C12H21. The lowest BCUT2D eigenvalue weighted by Crippen LogP contribution is -2.38. The van der Waals surface area contributed by atoms with Crippen molar-refractivity contribution in [2.75, 3.05) is 0 Å². The minimum absolute atomic E-state index is 0.596. The summed E-state index contributed by atoms with van der Waals surface area (Å²) in [5, 5.41) is 0. The fraction of sp³-hybridized carbons (Fsp3) is 0.917. The molecule has 0 bridgehead atoms. The zero-order chi connectivity index (χ0) is 8.82. The SMILES string of the molecule is CC1(C[C]2CCC2(C)C)CCC1. The maximum absolute atomic E-state index is 2.47. The standard InChI is InChI=1S/C12H21/c1-11(2)8-5-10(11)9-12(3)6-4-7-12/h4-9H2,1-3H3. The molecule has 0 atom stereocenters. The first-order valence-electron chi connectivity index (χ1n) is 5.37. The Hall–Kier alpha value is 0. The van der Waals surface area contributed by atoms with Crippen molar-refractivity contribution in [1.82, 2.24) is 0 Å². The second kappa shape index (κ2) is 2.49. The predicted molar refractivity (Wildman–Crippen MR) is 52.8 cm³/mol. The zero-order valence-electron chi connectivity index (χ0n) is 8.74. The third-order valence-electron chi connectivity index (χ3n) is 4.21. The van der Waals surface area contributed by atoms with E-state index >= 15 is 0 Å². The van der Waals surface area contributed by atoms with Crippen molar-refractivity contribution in [3.05, 3.63) is 5.92 Å². The highest BCUT2D eigenvalue weighted by molar-refractivity contribution is 5.14. The van der Waals surface area contributed by atoms with E-state index in [9.17, 15) is 0 Å². The van der Waals surface area contributed by atoms with Gasteiger partial charge in [0.2, 0.25) is 0 Å². The van der Waals surface area contributed by atoms with Crippen molar-refractivity contribution >= 4 is 0 Å². The number of hydrogen-bond acceptors (Lipinski definition) is 0. The van der Waals surface area contributed by atoms with E-state index in [0.29, 0.717) is 10.8 Å². The predicted octanol–water partition coefficient (Wildman–Crippen LogP) is 3.96. The van der Waals surface area contributed by atoms with Crippen molar-refractivity contribution < 1.29 is 0 Å². The van der Waals surface area contributed by atoms with Gasteiger partial charge in [0.1, 0.15) is 0 Å². The molecule has 69 valence electrons. The quantitative estimate of drug-likeness (QED) is 0.581. The summed E-state index contributed by atoms with van der Waals surface area (Å²) in [6.07, 6.45) is 8.71. The molecule has 0 aromatic carbocycles. The van der Waals surface area contributed by atoms with Crippen LogP contribution < -0.4 is 0 Å². The lowest BCUT2D eigenvalue weighted by atomic mass is 9.54. The van der Waals surface area contributed by atoms with Gasteiger partial charge in [-0.1, -0.05) is 27.2 Å².